The lowest BCUT2D eigenvalue weighted by Crippen LogP contribution is -2.34. The van der Waals surface area contributed by atoms with Crippen LogP contribution in [0, 0.1) is 11.3 Å². The van der Waals surface area contributed by atoms with Crippen LogP contribution in [-0.4, -0.2) is 35.1 Å². The first kappa shape index (κ1) is 18.2. The van der Waals surface area contributed by atoms with E-state index in [-0.39, 0.29) is 17.6 Å². The number of rotatable bonds is 10. The lowest BCUT2D eigenvalue weighted by molar-refractivity contribution is 0.0927. The normalized spacial score (nSPS) is 12.1. The molecule has 6 nitrogen and oxygen atoms in total. The summed E-state index contributed by atoms with van der Waals surface area (Å²) in [4.78, 5) is 14.4. The predicted octanol–water partition coefficient (Wildman–Crippen LogP) is 2.72. The fourth-order valence-electron chi connectivity index (χ4n) is 2.28. The van der Waals surface area contributed by atoms with Gasteiger partial charge in [-0.1, -0.05) is 25.9 Å². The number of nitriles is 1. The maximum absolute atomic E-state index is 12.1. The van der Waals surface area contributed by atoms with Gasteiger partial charge in [-0.25, -0.2) is 0 Å². The summed E-state index contributed by atoms with van der Waals surface area (Å²) in [5.74, 6) is 0.412. The Hall–Kier alpha value is -1.87. The number of nitrogens with one attached hydrogen (secondary N) is 1. The van der Waals surface area contributed by atoms with Gasteiger partial charge in [0, 0.05) is 12.1 Å². The van der Waals surface area contributed by atoms with Gasteiger partial charge in [-0.05, 0) is 32.4 Å². The molecule has 1 heterocycles. The monoisotopic (exact) mass is 306 g/mol. The summed E-state index contributed by atoms with van der Waals surface area (Å²) in [5.41, 5.74) is 0.277. The molecule has 0 bridgehead atoms. The summed E-state index contributed by atoms with van der Waals surface area (Å²) in [6.07, 6.45) is 3.17. The SMILES string of the molecule is CCCN(CCC)Cc1cc(C(=O)N[C@@H](CC)CC#N)no1. The van der Waals surface area contributed by atoms with E-state index < -0.39 is 0 Å². The molecule has 122 valence electrons. The lowest BCUT2D eigenvalue weighted by atomic mass is 10.1. The molecule has 0 aliphatic heterocycles. The molecule has 1 amide bonds. The van der Waals surface area contributed by atoms with Gasteiger partial charge < -0.3 is 9.84 Å². The van der Waals surface area contributed by atoms with E-state index in [1.165, 1.54) is 0 Å². The van der Waals surface area contributed by atoms with Crippen LogP contribution in [0.1, 0.15) is 62.7 Å². The highest BCUT2D eigenvalue weighted by Gasteiger charge is 2.17. The maximum atomic E-state index is 12.1. The van der Waals surface area contributed by atoms with E-state index in [1.54, 1.807) is 6.07 Å². The van der Waals surface area contributed by atoms with Crippen LogP contribution in [0.15, 0.2) is 10.6 Å². The van der Waals surface area contributed by atoms with Crippen molar-refractivity contribution in [2.75, 3.05) is 13.1 Å². The zero-order chi connectivity index (χ0) is 16.4. The van der Waals surface area contributed by atoms with Gasteiger partial charge in [0.2, 0.25) is 0 Å². The predicted molar refractivity (Wildman–Crippen MR) is 84.1 cm³/mol. The average molecular weight is 306 g/mol. The molecule has 0 spiro atoms. The minimum Gasteiger partial charge on any atom is -0.359 e. The van der Waals surface area contributed by atoms with Crippen molar-refractivity contribution in [3.63, 3.8) is 0 Å². The van der Waals surface area contributed by atoms with E-state index in [0.717, 1.165) is 25.9 Å². The maximum Gasteiger partial charge on any atom is 0.273 e. The average Bonchev–Trinajstić information content (AvgIpc) is 2.96. The Bertz CT molecular complexity index is 487. The Morgan fingerprint density at radius 3 is 2.64 bits per heavy atom. The van der Waals surface area contributed by atoms with Crippen LogP contribution in [0.5, 0.6) is 0 Å². The van der Waals surface area contributed by atoms with Gasteiger partial charge in [-0.15, -0.1) is 0 Å². The van der Waals surface area contributed by atoms with E-state index >= 15 is 0 Å². The van der Waals surface area contributed by atoms with E-state index in [0.29, 0.717) is 25.1 Å². The number of carbonyl (C=O) groups is 1. The number of carbonyl (C=O) groups excluding carboxylic acids is 1. The minimum absolute atomic E-state index is 0.144. The van der Waals surface area contributed by atoms with Gasteiger partial charge >= 0.3 is 0 Å². The molecule has 0 aromatic carbocycles. The lowest BCUT2D eigenvalue weighted by Gasteiger charge is -2.18. The highest BCUT2D eigenvalue weighted by atomic mass is 16.5. The Balaban J connectivity index is 2.62. The number of nitrogens with zero attached hydrogens (tertiary/aromatic N) is 3. The Morgan fingerprint density at radius 2 is 2.09 bits per heavy atom. The molecule has 0 radical (unpaired) electrons. The van der Waals surface area contributed by atoms with Crippen molar-refractivity contribution in [1.29, 1.82) is 5.26 Å². The Morgan fingerprint density at radius 1 is 1.41 bits per heavy atom. The van der Waals surface area contributed by atoms with Crippen LogP contribution >= 0.6 is 0 Å². The second kappa shape index (κ2) is 9.96. The Kier molecular flexibility index (Phi) is 8.23. The van der Waals surface area contributed by atoms with Gasteiger partial charge in [0.05, 0.1) is 19.0 Å². The zero-order valence-electron chi connectivity index (χ0n) is 13.8. The van der Waals surface area contributed by atoms with Gasteiger partial charge in [-0.3, -0.25) is 9.69 Å². The molecule has 0 aliphatic rings. The fourth-order valence-corrected chi connectivity index (χ4v) is 2.28. The first-order valence-electron chi connectivity index (χ1n) is 8.00. The molecule has 22 heavy (non-hydrogen) atoms. The molecule has 0 saturated carbocycles. The van der Waals surface area contributed by atoms with Crippen LogP contribution < -0.4 is 5.32 Å². The van der Waals surface area contributed by atoms with Crippen molar-refractivity contribution < 1.29 is 9.32 Å². The first-order chi connectivity index (χ1) is 10.6. The van der Waals surface area contributed by atoms with Gasteiger partial charge in [0.15, 0.2) is 11.5 Å². The van der Waals surface area contributed by atoms with Crippen molar-refractivity contribution in [3.8, 4) is 6.07 Å². The summed E-state index contributed by atoms with van der Waals surface area (Å²) in [5, 5.41) is 15.4. The molecule has 1 aromatic heterocycles. The second-order valence-corrected chi connectivity index (χ2v) is 5.40. The molecule has 0 fully saturated rings. The highest BCUT2D eigenvalue weighted by molar-refractivity contribution is 5.92. The minimum atomic E-state index is -0.283. The molecule has 0 aliphatic carbocycles. The number of aromatic nitrogens is 1. The van der Waals surface area contributed by atoms with Crippen LogP contribution in [0.4, 0.5) is 0 Å². The van der Waals surface area contributed by atoms with Crippen LogP contribution in [0.2, 0.25) is 0 Å². The molecule has 1 rings (SSSR count). The largest absolute Gasteiger partial charge is 0.359 e. The summed E-state index contributed by atoms with van der Waals surface area (Å²) >= 11 is 0. The molecule has 1 N–H and O–H groups in total. The quantitative estimate of drug-likeness (QED) is 0.718. The van der Waals surface area contributed by atoms with Gasteiger partial charge in [0.25, 0.3) is 5.91 Å². The van der Waals surface area contributed by atoms with Gasteiger partial charge in [0.1, 0.15) is 0 Å². The molecule has 1 atom stereocenters. The van der Waals surface area contributed by atoms with Crippen LogP contribution in [0.25, 0.3) is 0 Å². The third kappa shape index (κ3) is 5.86. The van der Waals surface area contributed by atoms with E-state index in [4.69, 9.17) is 9.78 Å². The highest BCUT2D eigenvalue weighted by Crippen LogP contribution is 2.09. The number of hydrogen-bond acceptors (Lipinski definition) is 5. The van der Waals surface area contributed by atoms with Crippen molar-refractivity contribution in [2.24, 2.45) is 0 Å². The standard InChI is InChI=1S/C16H26N4O2/c1-4-9-20(10-5-2)12-14-11-15(19-22-14)16(21)18-13(6-3)7-8-17/h11,13H,4-7,9-10,12H2,1-3H3,(H,18,21)/t13-/m0/s1. The Labute approximate surface area is 132 Å². The van der Waals surface area contributed by atoms with E-state index in [2.05, 4.69) is 35.3 Å². The summed E-state index contributed by atoms with van der Waals surface area (Å²) in [7, 11) is 0. The first-order valence-corrected chi connectivity index (χ1v) is 8.00. The smallest absolute Gasteiger partial charge is 0.273 e. The summed E-state index contributed by atoms with van der Waals surface area (Å²) in [6, 6.07) is 3.61. The van der Waals surface area contributed by atoms with Crippen molar-refractivity contribution >= 4 is 5.91 Å². The van der Waals surface area contributed by atoms with Crippen LogP contribution in [0.3, 0.4) is 0 Å². The van der Waals surface area contributed by atoms with Crippen molar-refractivity contribution in [3.05, 3.63) is 17.5 Å². The molecule has 1 aromatic rings. The molecular formula is C16H26N4O2. The topological polar surface area (TPSA) is 82.2 Å². The fraction of sp³-hybridized carbons (Fsp3) is 0.688. The molecule has 0 saturated heterocycles. The summed E-state index contributed by atoms with van der Waals surface area (Å²) in [6.45, 7) is 8.87. The van der Waals surface area contributed by atoms with E-state index in [1.807, 2.05) is 6.92 Å². The van der Waals surface area contributed by atoms with Crippen LogP contribution in [-0.2, 0) is 6.54 Å². The second-order valence-electron chi connectivity index (χ2n) is 5.40. The van der Waals surface area contributed by atoms with Crippen molar-refractivity contribution in [2.45, 2.75) is 59.0 Å². The number of hydrogen-bond donors (Lipinski definition) is 1. The number of amides is 1. The van der Waals surface area contributed by atoms with Gasteiger partial charge in [-0.2, -0.15) is 5.26 Å². The molecule has 0 unspecified atom stereocenters. The van der Waals surface area contributed by atoms with E-state index in [9.17, 15) is 4.79 Å². The third-order valence-corrected chi connectivity index (χ3v) is 3.42. The molecule has 6 heteroatoms. The zero-order valence-corrected chi connectivity index (χ0v) is 13.8. The third-order valence-electron chi connectivity index (χ3n) is 3.42. The van der Waals surface area contributed by atoms with Crippen molar-refractivity contribution in [1.82, 2.24) is 15.4 Å². The molecular weight excluding hydrogens is 280 g/mol. The summed E-state index contributed by atoms with van der Waals surface area (Å²) < 4.78 is 5.27.